The zero-order valence-corrected chi connectivity index (χ0v) is 14.9. The minimum Gasteiger partial charge on any atom is -0.332 e. The molecule has 0 fully saturated rings. The summed E-state index contributed by atoms with van der Waals surface area (Å²) in [4.78, 5) is 20.2. The molecule has 0 aliphatic rings. The first-order chi connectivity index (χ1) is 12.1. The van der Waals surface area contributed by atoms with E-state index in [4.69, 9.17) is 0 Å². The van der Waals surface area contributed by atoms with Crippen molar-refractivity contribution in [1.82, 2.24) is 24.3 Å². The fourth-order valence-corrected chi connectivity index (χ4v) is 2.88. The van der Waals surface area contributed by atoms with Gasteiger partial charge in [0.15, 0.2) is 5.78 Å². The number of fused-ring (bicyclic) bond motifs is 1. The van der Waals surface area contributed by atoms with Gasteiger partial charge in [-0.3, -0.25) is 9.48 Å². The van der Waals surface area contributed by atoms with Crippen molar-refractivity contribution in [1.29, 1.82) is 0 Å². The lowest BCUT2D eigenvalue weighted by Gasteiger charge is -2.14. The average molecular weight is 340 g/mol. The average Bonchev–Trinajstić information content (AvgIpc) is 3.19. The molecule has 3 aromatic rings. The topological polar surface area (TPSA) is 77.6 Å². The molecule has 7 nitrogen and oxygen atoms in total. The highest BCUT2D eigenvalue weighted by atomic mass is 16.1. The highest BCUT2D eigenvalue weighted by molar-refractivity contribution is 5.77. The Morgan fingerprint density at radius 2 is 2.08 bits per heavy atom. The molecule has 0 spiro atoms. The van der Waals surface area contributed by atoms with E-state index >= 15 is 0 Å². The summed E-state index contributed by atoms with van der Waals surface area (Å²) in [5, 5.41) is 8.35. The second-order valence-electron chi connectivity index (χ2n) is 6.38. The van der Waals surface area contributed by atoms with E-state index < -0.39 is 0 Å². The van der Waals surface area contributed by atoms with Crippen LogP contribution in [-0.2, 0) is 17.9 Å². The molecule has 25 heavy (non-hydrogen) atoms. The second kappa shape index (κ2) is 7.46. The monoisotopic (exact) mass is 340 g/mol. The van der Waals surface area contributed by atoms with Crippen molar-refractivity contribution in [2.75, 3.05) is 5.32 Å². The number of aromatic nitrogens is 5. The van der Waals surface area contributed by atoms with E-state index in [2.05, 4.69) is 45.0 Å². The highest BCUT2D eigenvalue weighted by Crippen LogP contribution is 2.20. The quantitative estimate of drug-likeness (QED) is 0.680. The van der Waals surface area contributed by atoms with E-state index in [1.54, 1.807) is 24.0 Å². The van der Waals surface area contributed by atoms with Crippen molar-refractivity contribution in [2.45, 2.75) is 46.7 Å². The Hall–Kier alpha value is -2.70. The normalized spacial score (nSPS) is 11.4. The van der Waals surface area contributed by atoms with Gasteiger partial charge in [-0.25, -0.2) is 4.98 Å². The lowest BCUT2D eigenvalue weighted by molar-refractivity contribution is -0.117. The lowest BCUT2D eigenvalue weighted by Crippen LogP contribution is -2.09. The van der Waals surface area contributed by atoms with Gasteiger partial charge in [0, 0.05) is 30.5 Å². The summed E-state index contributed by atoms with van der Waals surface area (Å²) in [6.07, 6.45) is 9.65. The van der Waals surface area contributed by atoms with Crippen LogP contribution in [0.25, 0.3) is 11.0 Å². The van der Waals surface area contributed by atoms with Crippen molar-refractivity contribution in [3.8, 4) is 0 Å². The number of nitrogens with zero attached hydrogens (tertiary/aromatic N) is 5. The first-order valence-corrected chi connectivity index (χ1v) is 8.69. The Bertz CT molecular complexity index is 861. The summed E-state index contributed by atoms with van der Waals surface area (Å²) in [6, 6.07) is 2.05. The third-order valence-corrected chi connectivity index (χ3v) is 4.39. The summed E-state index contributed by atoms with van der Waals surface area (Å²) in [5.41, 5.74) is 1.69. The molecule has 0 amide bonds. The predicted molar refractivity (Wildman–Crippen MR) is 97.8 cm³/mol. The molecule has 0 saturated heterocycles. The van der Waals surface area contributed by atoms with Crippen LogP contribution in [0.15, 0.2) is 30.9 Å². The van der Waals surface area contributed by atoms with Crippen LogP contribution in [0.3, 0.4) is 0 Å². The molecule has 0 saturated carbocycles. The van der Waals surface area contributed by atoms with Gasteiger partial charge in [-0.15, -0.1) is 0 Å². The molecule has 3 heterocycles. The third-order valence-electron chi connectivity index (χ3n) is 4.39. The maximum atomic E-state index is 11.2. The van der Waals surface area contributed by atoms with Crippen LogP contribution in [0.2, 0.25) is 0 Å². The molecule has 3 aromatic heterocycles. The summed E-state index contributed by atoms with van der Waals surface area (Å²) in [7, 11) is 0. The van der Waals surface area contributed by atoms with Crippen molar-refractivity contribution in [3.05, 3.63) is 30.9 Å². The first kappa shape index (κ1) is 17.1. The van der Waals surface area contributed by atoms with Crippen LogP contribution in [0.5, 0.6) is 0 Å². The molecule has 0 aliphatic carbocycles. The maximum Gasteiger partial charge on any atom is 0.229 e. The molecule has 0 aromatic carbocycles. The molecular formula is C18H24N6O. The lowest BCUT2D eigenvalue weighted by atomic mass is 10.0. The number of hydrogen-bond acceptors (Lipinski definition) is 5. The Morgan fingerprint density at radius 1 is 1.28 bits per heavy atom. The Morgan fingerprint density at radius 3 is 2.80 bits per heavy atom. The molecule has 3 rings (SSSR count). The van der Waals surface area contributed by atoms with Gasteiger partial charge < -0.3 is 9.88 Å². The van der Waals surface area contributed by atoms with Crippen LogP contribution >= 0.6 is 0 Å². The minimum atomic E-state index is 0.0616. The molecule has 0 atom stereocenters. The van der Waals surface area contributed by atoms with E-state index in [0.29, 0.717) is 11.9 Å². The second-order valence-corrected chi connectivity index (χ2v) is 6.38. The van der Waals surface area contributed by atoms with E-state index in [1.165, 1.54) is 0 Å². The molecule has 1 N–H and O–H groups in total. The smallest absolute Gasteiger partial charge is 0.229 e. The van der Waals surface area contributed by atoms with Crippen molar-refractivity contribution in [3.63, 3.8) is 0 Å². The molecule has 0 aliphatic heterocycles. The number of nitrogens with one attached hydrogen (secondary N) is 1. The van der Waals surface area contributed by atoms with Gasteiger partial charge in [0.2, 0.25) is 5.95 Å². The molecule has 0 unspecified atom stereocenters. The Labute approximate surface area is 147 Å². The van der Waals surface area contributed by atoms with Crippen LogP contribution in [0.4, 0.5) is 11.6 Å². The minimum absolute atomic E-state index is 0.0616. The molecular weight excluding hydrogens is 316 g/mol. The fourth-order valence-electron chi connectivity index (χ4n) is 2.88. The SMILES string of the molecule is CCC(CC)Cn1ccc2cnc(Nc3cnn(CC(C)=O)c3)nc21. The summed E-state index contributed by atoms with van der Waals surface area (Å²) in [6.45, 7) is 7.21. The van der Waals surface area contributed by atoms with Crippen LogP contribution < -0.4 is 5.32 Å². The molecule has 0 radical (unpaired) electrons. The van der Waals surface area contributed by atoms with Gasteiger partial charge in [-0.05, 0) is 18.9 Å². The van der Waals surface area contributed by atoms with Crippen LogP contribution in [0.1, 0.15) is 33.6 Å². The highest BCUT2D eigenvalue weighted by Gasteiger charge is 2.10. The number of hydrogen-bond donors (Lipinski definition) is 1. The summed E-state index contributed by atoms with van der Waals surface area (Å²) >= 11 is 0. The number of carbonyl (C=O) groups excluding carboxylic acids is 1. The van der Waals surface area contributed by atoms with E-state index in [1.807, 2.05) is 12.3 Å². The molecule has 7 heteroatoms. The van der Waals surface area contributed by atoms with Gasteiger partial charge in [0.1, 0.15) is 5.65 Å². The molecule has 0 bridgehead atoms. The van der Waals surface area contributed by atoms with E-state index in [9.17, 15) is 4.79 Å². The number of ketones is 1. The van der Waals surface area contributed by atoms with Gasteiger partial charge in [0.25, 0.3) is 0 Å². The molecule has 132 valence electrons. The number of carbonyl (C=O) groups is 1. The number of rotatable bonds is 8. The van der Waals surface area contributed by atoms with Gasteiger partial charge >= 0.3 is 0 Å². The van der Waals surface area contributed by atoms with Crippen molar-refractivity contribution < 1.29 is 4.79 Å². The van der Waals surface area contributed by atoms with Gasteiger partial charge in [0.05, 0.1) is 18.4 Å². The van der Waals surface area contributed by atoms with E-state index in [0.717, 1.165) is 36.1 Å². The first-order valence-electron chi connectivity index (χ1n) is 8.69. The fraction of sp³-hybridized carbons (Fsp3) is 0.444. The Balaban J connectivity index is 1.80. The maximum absolute atomic E-state index is 11.2. The summed E-state index contributed by atoms with van der Waals surface area (Å²) in [5.74, 6) is 1.23. The van der Waals surface area contributed by atoms with Crippen molar-refractivity contribution >= 4 is 28.5 Å². The standard InChI is InChI=1S/C18H24N6O/c1-4-14(5-2)11-23-7-6-15-8-19-18(22-17(15)23)21-16-9-20-24(12-16)10-13(3)25/h6-9,12,14H,4-5,10-11H2,1-3H3,(H,19,21,22). The zero-order chi connectivity index (χ0) is 17.8. The zero-order valence-electron chi connectivity index (χ0n) is 14.9. The van der Waals surface area contributed by atoms with Crippen molar-refractivity contribution in [2.24, 2.45) is 5.92 Å². The number of anilines is 2. The summed E-state index contributed by atoms with van der Waals surface area (Å²) < 4.78 is 3.79. The Kier molecular flexibility index (Phi) is 5.11. The van der Waals surface area contributed by atoms with Crippen LogP contribution in [-0.4, -0.2) is 30.1 Å². The van der Waals surface area contributed by atoms with Gasteiger partial charge in [-0.1, -0.05) is 26.7 Å². The third kappa shape index (κ3) is 4.04. The van der Waals surface area contributed by atoms with E-state index in [-0.39, 0.29) is 12.3 Å². The predicted octanol–water partition coefficient (Wildman–Crippen LogP) is 3.40. The van der Waals surface area contributed by atoms with Gasteiger partial charge in [-0.2, -0.15) is 10.1 Å². The largest absolute Gasteiger partial charge is 0.332 e. The number of Topliss-reactive ketones (excluding diaryl/α,β-unsaturated/α-hetero) is 1. The van der Waals surface area contributed by atoms with Crippen LogP contribution in [0, 0.1) is 5.92 Å².